The van der Waals surface area contributed by atoms with E-state index in [0.29, 0.717) is 0 Å². The quantitative estimate of drug-likeness (QED) is 0.154. The van der Waals surface area contributed by atoms with E-state index in [0.717, 1.165) is 6.42 Å². The van der Waals surface area contributed by atoms with Gasteiger partial charge in [0, 0.05) is 0 Å². The Morgan fingerprint density at radius 2 is 0.919 bits per heavy atom. The highest BCUT2D eigenvalue weighted by Gasteiger charge is 2.19. The Hall–Kier alpha value is -3.12. The summed E-state index contributed by atoms with van der Waals surface area (Å²) in [4.78, 5) is 0. The van der Waals surface area contributed by atoms with E-state index in [2.05, 4.69) is 98.8 Å². The summed E-state index contributed by atoms with van der Waals surface area (Å²) in [5.41, 5.74) is 14.1. The van der Waals surface area contributed by atoms with Crippen LogP contribution in [0.15, 0.2) is 84.9 Å². The van der Waals surface area contributed by atoms with Crippen molar-refractivity contribution in [1.82, 2.24) is 0 Å². The molecular weight excluding hydrogens is 444 g/mol. The summed E-state index contributed by atoms with van der Waals surface area (Å²) in [7, 11) is 0. The summed E-state index contributed by atoms with van der Waals surface area (Å²) >= 11 is 0. The summed E-state index contributed by atoms with van der Waals surface area (Å²) < 4.78 is 0. The Morgan fingerprint density at radius 3 is 1.38 bits per heavy atom. The molecule has 0 saturated carbocycles. The normalized spacial score (nSPS) is 11.9. The number of unbranched alkanes of at least 4 members (excludes halogenated alkanes) is 6. The molecule has 4 aromatic carbocycles. The van der Waals surface area contributed by atoms with Crippen molar-refractivity contribution in [3.8, 4) is 33.4 Å². The summed E-state index contributed by atoms with van der Waals surface area (Å²) in [5, 5.41) is 0. The molecule has 0 heteroatoms. The molecule has 0 heterocycles. The molecule has 5 rings (SSSR count). The first kappa shape index (κ1) is 25.5. The van der Waals surface area contributed by atoms with Crippen molar-refractivity contribution in [3.63, 3.8) is 0 Å². The Kier molecular flexibility index (Phi) is 8.57. The largest absolute Gasteiger partial charge is 0.0654 e. The van der Waals surface area contributed by atoms with Crippen molar-refractivity contribution >= 4 is 0 Å². The molecule has 0 N–H and O–H groups in total. The molecule has 0 unspecified atom stereocenters. The monoisotopic (exact) mass is 486 g/mol. The van der Waals surface area contributed by atoms with Gasteiger partial charge in [-0.1, -0.05) is 137 Å². The fraction of sp³-hybridized carbons (Fsp3) is 0.351. The average molecular weight is 487 g/mol. The zero-order valence-electron chi connectivity index (χ0n) is 22.9. The van der Waals surface area contributed by atoms with E-state index in [4.69, 9.17) is 0 Å². The van der Waals surface area contributed by atoms with Crippen molar-refractivity contribution in [2.45, 2.75) is 84.5 Å². The van der Waals surface area contributed by atoms with E-state index < -0.39 is 0 Å². The van der Waals surface area contributed by atoms with Gasteiger partial charge in [0.1, 0.15) is 0 Å². The van der Waals surface area contributed by atoms with Gasteiger partial charge in [-0.25, -0.2) is 0 Å². The molecule has 0 aliphatic heterocycles. The van der Waals surface area contributed by atoms with Crippen LogP contribution in [-0.2, 0) is 19.3 Å². The predicted molar refractivity (Wildman–Crippen MR) is 161 cm³/mol. The fourth-order valence-corrected chi connectivity index (χ4v) is 5.89. The highest BCUT2D eigenvalue weighted by atomic mass is 14.2. The first-order valence-corrected chi connectivity index (χ1v) is 14.7. The van der Waals surface area contributed by atoms with Crippen LogP contribution in [0.4, 0.5) is 0 Å². The molecule has 0 saturated heterocycles. The minimum absolute atomic E-state index is 1.03. The van der Waals surface area contributed by atoms with E-state index in [1.165, 1.54) is 120 Å². The van der Waals surface area contributed by atoms with Gasteiger partial charge in [-0.05, 0) is 87.7 Å². The Balaban J connectivity index is 1.31. The molecule has 0 amide bonds. The summed E-state index contributed by atoms with van der Waals surface area (Å²) in [6, 6.07) is 32.6. The topological polar surface area (TPSA) is 0 Å². The molecule has 0 fully saturated rings. The third-order valence-electron chi connectivity index (χ3n) is 8.04. The van der Waals surface area contributed by atoms with Crippen molar-refractivity contribution < 1.29 is 0 Å². The lowest BCUT2D eigenvalue weighted by molar-refractivity contribution is 0.667. The number of hydrogen-bond acceptors (Lipinski definition) is 0. The minimum Gasteiger partial charge on any atom is -0.0654 e. The highest BCUT2D eigenvalue weighted by molar-refractivity contribution is 5.82. The van der Waals surface area contributed by atoms with E-state index >= 15 is 0 Å². The van der Waals surface area contributed by atoms with Crippen LogP contribution in [0.1, 0.15) is 87.5 Å². The van der Waals surface area contributed by atoms with Crippen LogP contribution in [0.25, 0.3) is 33.4 Å². The molecule has 0 nitrogen and oxygen atoms in total. The third-order valence-corrected chi connectivity index (χ3v) is 8.04. The lowest BCUT2D eigenvalue weighted by atomic mass is 9.96. The molecule has 0 aromatic heterocycles. The van der Waals surface area contributed by atoms with Gasteiger partial charge >= 0.3 is 0 Å². The molecule has 1 aliphatic rings. The predicted octanol–water partition coefficient (Wildman–Crippen LogP) is 10.8. The van der Waals surface area contributed by atoms with Gasteiger partial charge in [0.05, 0.1) is 0 Å². The fourth-order valence-electron chi connectivity index (χ4n) is 5.89. The van der Waals surface area contributed by atoms with Gasteiger partial charge in [0.15, 0.2) is 0 Å². The maximum atomic E-state index is 2.43. The molecule has 1 aliphatic carbocycles. The van der Waals surface area contributed by atoms with Crippen LogP contribution in [0.3, 0.4) is 0 Å². The lowest BCUT2D eigenvalue weighted by Crippen LogP contribution is -1.89. The molecule has 0 atom stereocenters. The minimum atomic E-state index is 1.03. The third kappa shape index (κ3) is 6.24. The number of hydrogen-bond donors (Lipinski definition) is 0. The van der Waals surface area contributed by atoms with E-state index in [9.17, 15) is 0 Å². The number of benzene rings is 4. The standard InChI is InChI=1S/C37H42/c1-3-5-7-9-13-28-15-11-17-30(23-28)32-19-21-36-34(25-32)27-35-26-33(20-22-37(35)36)31-18-12-16-29(24-31)14-10-8-6-4-2/h11-12,15-26H,3-10,13-14,27H2,1-2H3. The Bertz CT molecular complexity index is 1220. The Morgan fingerprint density at radius 1 is 0.459 bits per heavy atom. The zero-order chi connectivity index (χ0) is 25.5. The van der Waals surface area contributed by atoms with Gasteiger partial charge in [-0.2, -0.15) is 0 Å². The average Bonchev–Trinajstić information content (AvgIpc) is 3.31. The first-order valence-electron chi connectivity index (χ1n) is 14.7. The SMILES string of the molecule is CCCCCCc1cccc(-c2ccc3c(c2)Cc2cc(-c4cccc(CCCCCC)c4)ccc2-3)c1. The molecule has 37 heavy (non-hydrogen) atoms. The van der Waals surface area contributed by atoms with E-state index in [1.807, 2.05) is 0 Å². The maximum Gasteiger partial charge on any atom is -0.00130 e. The van der Waals surface area contributed by atoms with Crippen LogP contribution >= 0.6 is 0 Å². The molecule has 190 valence electrons. The van der Waals surface area contributed by atoms with E-state index in [-0.39, 0.29) is 0 Å². The number of rotatable bonds is 12. The lowest BCUT2D eigenvalue weighted by Gasteiger charge is -2.09. The Labute approximate surface area is 224 Å². The van der Waals surface area contributed by atoms with E-state index in [1.54, 1.807) is 0 Å². The molecular formula is C37H42. The first-order chi connectivity index (χ1) is 18.2. The van der Waals surface area contributed by atoms with Crippen molar-refractivity contribution in [3.05, 3.63) is 107 Å². The van der Waals surface area contributed by atoms with Gasteiger partial charge in [0.2, 0.25) is 0 Å². The van der Waals surface area contributed by atoms with Crippen molar-refractivity contribution in [1.29, 1.82) is 0 Å². The van der Waals surface area contributed by atoms with Gasteiger partial charge in [-0.15, -0.1) is 0 Å². The van der Waals surface area contributed by atoms with Crippen LogP contribution in [0.5, 0.6) is 0 Å². The van der Waals surface area contributed by atoms with Crippen LogP contribution < -0.4 is 0 Å². The van der Waals surface area contributed by atoms with Gasteiger partial charge in [-0.3, -0.25) is 0 Å². The second kappa shape index (κ2) is 12.4. The van der Waals surface area contributed by atoms with Crippen molar-refractivity contribution in [2.75, 3.05) is 0 Å². The molecule has 4 aromatic rings. The van der Waals surface area contributed by atoms with Crippen molar-refractivity contribution in [2.24, 2.45) is 0 Å². The van der Waals surface area contributed by atoms with Gasteiger partial charge in [0.25, 0.3) is 0 Å². The second-order valence-electron chi connectivity index (χ2n) is 10.9. The summed E-state index contributed by atoms with van der Waals surface area (Å²) in [6.45, 7) is 4.56. The second-order valence-corrected chi connectivity index (χ2v) is 10.9. The molecule has 0 bridgehead atoms. The summed E-state index contributed by atoms with van der Waals surface area (Å²) in [5.74, 6) is 0. The zero-order valence-corrected chi connectivity index (χ0v) is 22.9. The number of fused-ring (bicyclic) bond motifs is 3. The molecule has 0 radical (unpaired) electrons. The maximum absolute atomic E-state index is 2.43. The van der Waals surface area contributed by atoms with Crippen LogP contribution in [-0.4, -0.2) is 0 Å². The highest BCUT2D eigenvalue weighted by Crippen LogP contribution is 2.40. The smallest absolute Gasteiger partial charge is 0.00130 e. The summed E-state index contributed by atoms with van der Waals surface area (Å²) in [6.07, 6.45) is 13.9. The van der Waals surface area contributed by atoms with Crippen LogP contribution in [0, 0.1) is 0 Å². The van der Waals surface area contributed by atoms with Crippen LogP contribution in [0.2, 0.25) is 0 Å². The number of aryl methyl sites for hydroxylation is 2. The molecule has 0 spiro atoms. The van der Waals surface area contributed by atoms with Gasteiger partial charge < -0.3 is 0 Å².